The molecule has 1 saturated heterocycles. The summed E-state index contributed by atoms with van der Waals surface area (Å²) in [5, 5.41) is 11.0. The highest BCUT2D eigenvalue weighted by Gasteiger charge is 2.17. The number of nitrogens with one attached hydrogen (secondary N) is 2. The molecule has 2 amide bonds. The van der Waals surface area contributed by atoms with E-state index < -0.39 is 0 Å². The Bertz CT molecular complexity index is 678. The fourth-order valence-electron chi connectivity index (χ4n) is 2.63. The minimum absolute atomic E-state index is 0.191. The molecule has 0 spiro atoms. The lowest BCUT2D eigenvalue weighted by molar-refractivity contribution is 0.0940. The second-order valence-corrected chi connectivity index (χ2v) is 7.40. The first-order chi connectivity index (χ1) is 11.6. The molecule has 0 aromatic carbocycles. The predicted molar refractivity (Wildman–Crippen MR) is 93.5 cm³/mol. The van der Waals surface area contributed by atoms with Crippen LogP contribution >= 0.6 is 11.3 Å². The number of anilines is 1. The Morgan fingerprint density at radius 1 is 1.54 bits per heavy atom. The van der Waals surface area contributed by atoms with E-state index in [4.69, 9.17) is 4.74 Å². The van der Waals surface area contributed by atoms with Crippen LogP contribution in [-0.2, 0) is 11.3 Å². The second kappa shape index (κ2) is 7.76. The van der Waals surface area contributed by atoms with Crippen LogP contribution in [0.3, 0.4) is 0 Å². The van der Waals surface area contributed by atoms with Gasteiger partial charge in [0.25, 0.3) is 0 Å². The van der Waals surface area contributed by atoms with Crippen molar-refractivity contribution in [2.24, 2.45) is 0 Å². The lowest BCUT2D eigenvalue weighted by Crippen LogP contribution is -2.31. The van der Waals surface area contributed by atoms with Gasteiger partial charge in [-0.05, 0) is 19.8 Å². The molecule has 1 fully saturated rings. The van der Waals surface area contributed by atoms with Gasteiger partial charge in [-0.1, -0.05) is 6.92 Å². The zero-order chi connectivity index (χ0) is 16.9. The lowest BCUT2D eigenvalue weighted by Gasteiger charge is -2.10. The molecule has 0 unspecified atom stereocenters. The Morgan fingerprint density at radius 3 is 3.12 bits per heavy atom. The fourth-order valence-corrected chi connectivity index (χ4v) is 3.46. The molecule has 2 atom stereocenters. The summed E-state index contributed by atoms with van der Waals surface area (Å²) in [4.78, 5) is 17.5. The van der Waals surface area contributed by atoms with E-state index >= 15 is 0 Å². The molecule has 0 saturated carbocycles. The van der Waals surface area contributed by atoms with Crippen molar-refractivity contribution in [3.63, 3.8) is 0 Å². The van der Waals surface area contributed by atoms with E-state index in [0.717, 1.165) is 31.0 Å². The van der Waals surface area contributed by atoms with Crippen LogP contribution in [0.25, 0.3) is 0 Å². The van der Waals surface area contributed by atoms with Crippen LogP contribution in [0.2, 0.25) is 0 Å². The van der Waals surface area contributed by atoms with E-state index in [1.54, 1.807) is 17.5 Å². The average Bonchev–Trinajstić information content (AvgIpc) is 3.28. The SMILES string of the molecule is Cc1cnc([C@@H](C)CNC(=O)Nc2cnn(C[C@H]3CCCO3)c2)s1. The summed E-state index contributed by atoms with van der Waals surface area (Å²) in [6.07, 6.45) is 7.75. The first kappa shape index (κ1) is 16.9. The quantitative estimate of drug-likeness (QED) is 0.840. The van der Waals surface area contributed by atoms with Gasteiger partial charge in [0.15, 0.2) is 0 Å². The predicted octanol–water partition coefficient (Wildman–Crippen LogP) is 2.75. The standard InChI is InChI=1S/C16H23N5O2S/c1-11(15-17-7-12(2)24-15)6-18-16(22)20-13-8-19-21(9-13)10-14-4-3-5-23-14/h7-9,11,14H,3-6,10H2,1-2H3,(H2,18,20,22)/t11-,14+/m0/s1. The highest BCUT2D eigenvalue weighted by Crippen LogP contribution is 2.20. The van der Waals surface area contributed by atoms with E-state index in [1.807, 2.05) is 24.0 Å². The number of rotatable bonds is 6. The van der Waals surface area contributed by atoms with Gasteiger partial charge in [-0.3, -0.25) is 4.68 Å². The first-order valence-corrected chi connectivity index (χ1v) is 9.03. The topological polar surface area (TPSA) is 81.1 Å². The number of nitrogens with zero attached hydrogens (tertiary/aromatic N) is 3. The van der Waals surface area contributed by atoms with Crippen molar-refractivity contribution in [3.8, 4) is 0 Å². The molecule has 2 aromatic heterocycles. The maximum absolute atomic E-state index is 12.0. The third kappa shape index (κ3) is 4.55. The summed E-state index contributed by atoms with van der Waals surface area (Å²) in [7, 11) is 0. The van der Waals surface area contributed by atoms with E-state index in [2.05, 4.69) is 27.6 Å². The number of ether oxygens (including phenoxy) is 1. The van der Waals surface area contributed by atoms with Crippen LogP contribution in [0.4, 0.5) is 10.5 Å². The molecule has 1 aliphatic heterocycles. The molecule has 2 N–H and O–H groups in total. The van der Waals surface area contributed by atoms with Gasteiger partial charge in [-0.25, -0.2) is 9.78 Å². The normalized spacial score (nSPS) is 18.5. The third-order valence-electron chi connectivity index (χ3n) is 3.94. The number of aromatic nitrogens is 3. The monoisotopic (exact) mass is 349 g/mol. The summed E-state index contributed by atoms with van der Waals surface area (Å²) in [5.41, 5.74) is 0.684. The van der Waals surface area contributed by atoms with E-state index in [9.17, 15) is 4.79 Å². The molecule has 3 rings (SSSR count). The smallest absolute Gasteiger partial charge is 0.319 e. The molecule has 7 nitrogen and oxygen atoms in total. The third-order valence-corrected chi connectivity index (χ3v) is 5.08. The number of amides is 2. The molecule has 0 radical (unpaired) electrons. The van der Waals surface area contributed by atoms with Crippen LogP contribution in [0.15, 0.2) is 18.6 Å². The number of hydrogen-bond donors (Lipinski definition) is 2. The lowest BCUT2D eigenvalue weighted by atomic mass is 10.2. The van der Waals surface area contributed by atoms with Crippen molar-refractivity contribution in [3.05, 3.63) is 28.5 Å². The molecule has 0 aliphatic carbocycles. The van der Waals surface area contributed by atoms with Crippen LogP contribution in [0.1, 0.15) is 35.6 Å². The number of carbonyl (C=O) groups is 1. The van der Waals surface area contributed by atoms with Gasteiger partial charge in [0, 0.05) is 36.3 Å². The molecule has 8 heteroatoms. The summed E-state index contributed by atoms with van der Waals surface area (Å²) < 4.78 is 7.40. The van der Waals surface area contributed by atoms with Gasteiger partial charge in [0.2, 0.25) is 0 Å². The van der Waals surface area contributed by atoms with Crippen LogP contribution in [0.5, 0.6) is 0 Å². The average molecular weight is 349 g/mol. The van der Waals surface area contributed by atoms with Gasteiger partial charge in [-0.15, -0.1) is 11.3 Å². The van der Waals surface area contributed by atoms with Gasteiger partial charge in [0.05, 0.1) is 29.5 Å². The largest absolute Gasteiger partial charge is 0.376 e. The highest BCUT2D eigenvalue weighted by molar-refractivity contribution is 7.11. The number of urea groups is 1. The van der Waals surface area contributed by atoms with Crippen molar-refractivity contribution in [2.45, 2.75) is 45.3 Å². The number of carbonyl (C=O) groups excluding carboxylic acids is 1. The highest BCUT2D eigenvalue weighted by atomic mass is 32.1. The zero-order valence-electron chi connectivity index (χ0n) is 14.0. The summed E-state index contributed by atoms with van der Waals surface area (Å²) in [6, 6.07) is -0.230. The molecule has 24 heavy (non-hydrogen) atoms. The number of aryl methyl sites for hydroxylation is 1. The fraction of sp³-hybridized carbons (Fsp3) is 0.562. The summed E-state index contributed by atoms with van der Waals surface area (Å²) in [5.74, 6) is 0.191. The molecule has 3 heterocycles. The van der Waals surface area contributed by atoms with Crippen molar-refractivity contribution >= 4 is 23.1 Å². The van der Waals surface area contributed by atoms with Crippen LogP contribution in [0, 0.1) is 6.92 Å². The molecule has 0 bridgehead atoms. The molecule has 130 valence electrons. The minimum atomic E-state index is -0.230. The maximum atomic E-state index is 12.0. The Balaban J connectivity index is 1.43. The molecular weight excluding hydrogens is 326 g/mol. The van der Waals surface area contributed by atoms with E-state index in [-0.39, 0.29) is 18.1 Å². The summed E-state index contributed by atoms with van der Waals surface area (Å²) in [6.45, 7) is 6.18. The van der Waals surface area contributed by atoms with E-state index in [0.29, 0.717) is 12.2 Å². The van der Waals surface area contributed by atoms with Crippen molar-refractivity contribution < 1.29 is 9.53 Å². The Kier molecular flexibility index (Phi) is 5.47. The van der Waals surface area contributed by atoms with Crippen molar-refractivity contribution in [1.82, 2.24) is 20.1 Å². The number of thiazole rings is 1. The second-order valence-electron chi connectivity index (χ2n) is 6.13. The van der Waals surface area contributed by atoms with Crippen LogP contribution in [-0.4, -0.2) is 40.1 Å². The number of hydrogen-bond acceptors (Lipinski definition) is 5. The van der Waals surface area contributed by atoms with Crippen molar-refractivity contribution in [2.75, 3.05) is 18.5 Å². The van der Waals surface area contributed by atoms with E-state index in [1.165, 1.54) is 4.88 Å². The van der Waals surface area contributed by atoms with Gasteiger partial charge in [-0.2, -0.15) is 5.10 Å². The minimum Gasteiger partial charge on any atom is -0.376 e. The summed E-state index contributed by atoms with van der Waals surface area (Å²) >= 11 is 1.66. The molecular formula is C16H23N5O2S. The van der Waals surface area contributed by atoms with Gasteiger partial charge >= 0.3 is 6.03 Å². The Morgan fingerprint density at radius 2 is 2.42 bits per heavy atom. The Labute approximate surface area is 145 Å². The van der Waals surface area contributed by atoms with Gasteiger partial charge < -0.3 is 15.4 Å². The first-order valence-electron chi connectivity index (χ1n) is 8.21. The van der Waals surface area contributed by atoms with Gasteiger partial charge in [0.1, 0.15) is 0 Å². The molecule has 1 aliphatic rings. The zero-order valence-corrected chi connectivity index (χ0v) is 14.8. The van der Waals surface area contributed by atoms with Crippen molar-refractivity contribution in [1.29, 1.82) is 0 Å². The maximum Gasteiger partial charge on any atom is 0.319 e. The molecule has 2 aromatic rings. The Hall–Kier alpha value is -1.93. The van der Waals surface area contributed by atoms with Crippen LogP contribution < -0.4 is 10.6 Å².